The topological polar surface area (TPSA) is 58.6 Å². The van der Waals surface area contributed by atoms with Crippen LogP contribution in [0.4, 0.5) is 5.69 Å². The van der Waals surface area contributed by atoms with Crippen LogP contribution in [0, 0.1) is 11.8 Å². The lowest BCUT2D eigenvalue weighted by Crippen LogP contribution is -2.36. The van der Waals surface area contributed by atoms with Crippen molar-refractivity contribution < 1.29 is 14.3 Å². The summed E-state index contributed by atoms with van der Waals surface area (Å²) < 4.78 is 6.19. The molecule has 4 rings (SSSR count). The molecule has 1 saturated carbocycles. The molecule has 146 valence electrons. The van der Waals surface area contributed by atoms with E-state index in [2.05, 4.69) is 21.2 Å². The first kappa shape index (κ1) is 19.0. The van der Waals surface area contributed by atoms with Crippen molar-refractivity contribution >= 4 is 33.4 Å². The Morgan fingerprint density at radius 2 is 1.82 bits per heavy atom. The van der Waals surface area contributed by atoms with Gasteiger partial charge >= 0.3 is 0 Å². The van der Waals surface area contributed by atoms with Crippen molar-refractivity contribution in [2.75, 3.05) is 18.6 Å². The predicted molar refractivity (Wildman–Crippen MR) is 111 cm³/mol. The largest absolute Gasteiger partial charge is 0.497 e. The molecular formula is C22H23BrN2O3. The fourth-order valence-electron chi connectivity index (χ4n) is 3.74. The molecule has 28 heavy (non-hydrogen) atoms. The van der Waals surface area contributed by atoms with Crippen LogP contribution in [0.15, 0.2) is 53.0 Å². The highest BCUT2D eigenvalue weighted by Gasteiger charge is 2.39. The fraction of sp³-hybridized carbons (Fsp3) is 0.364. The first-order chi connectivity index (χ1) is 13.5. The van der Waals surface area contributed by atoms with Crippen molar-refractivity contribution in [3.63, 3.8) is 0 Å². The molecule has 2 aromatic rings. The lowest BCUT2D eigenvalue weighted by molar-refractivity contribution is -0.127. The van der Waals surface area contributed by atoms with E-state index in [1.54, 1.807) is 12.0 Å². The van der Waals surface area contributed by atoms with E-state index in [1.165, 1.54) is 0 Å². The van der Waals surface area contributed by atoms with Crippen LogP contribution in [-0.4, -0.2) is 25.5 Å². The van der Waals surface area contributed by atoms with Gasteiger partial charge in [-0.3, -0.25) is 9.59 Å². The number of nitrogens with one attached hydrogen (secondary N) is 1. The summed E-state index contributed by atoms with van der Waals surface area (Å²) in [6.07, 6.45) is 2.49. The van der Waals surface area contributed by atoms with Crippen LogP contribution in [-0.2, 0) is 9.59 Å². The number of hydrogen-bond donors (Lipinski definition) is 1. The van der Waals surface area contributed by atoms with Gasteiger partial charge in [0.15, 0.2) is 0 Å². The molecule has 6 heteroatoms. The highest BCUT2D eigenvalue weighted by atomic mass is 79.9. The molecule has 1 heterocycles. The van der Waals surface area contributed by atoms with E-state index in [0.29, 0.717) is 12.5 Å². The molecule has 0 radical (unpaired) electrons. The van der Waals surface area contributed by atoms with Crippen molar-refractivity contribution in [3.05, 3.63) is 58.6 Å². The summed E-state index contributed by atoms with van der Waals surface area (Å²) in [6.45, 7) is 0.423. The van der Waals surface area contributed by atoms with Crippen LogP contribution in [0.25, 0.3) is 0 Å². The number of carbonyl (C=O) groups is 2. The average molecular weight is 443 g/mol. The number of nitrogens with zero attached hydrogens (tertiary/aromatic N) is 1. The average Bonchev–Trinajstić information content (AvgIpc) is 3.48. The van der Waals surface area contributed by atoms with E-state index in [-0.39, 0.29) is 30.2 Å². The van der Waals surface area contributed by atoms with Crippen LogP contribution < -0.4 is 15.0 Å². The maximum Gasteiger partial charge on any atom is 0.227 e. The van der Waals surface area contributed by atoms with Crippen LogP contribution in [0.3, 0.4) is 0 Å². The Hall–Kier alpha value is -2.34. The fourth-order valence-corrected chi connectivity index (χ4v) is 4.00. The van der Waals surface area contributed by atoms with Crippen molar-refractivity contribution in [2.45, 2.75) is 25.3 Å². The molecule has 2 aromatic carbocycles. The molecule has 0 spiro atoms. The Labute approximate surface area is 173 Å². The highest BCUT2D eigenvalue weighted by molar-refractivity contribution is 9.10. The molecule has 2 fully saturated rings. The van der Waals surface area contributed by atoms with Gasteiger partial charge in [-0.05, 0) is 60.7 Å². The smallest absolute Gasteiger partial charge is 0.227 e. The number of hydrogen-bond acceptors (Lipinski definition) is 3. The Bertz CT molecular complexity index is 862. The van der Waals surface area contributed by atoms with Gasteiger partial charge in [-0.1, -0.05) is 28.1 Å². The van der Waals surface area contributed by atoms with Gasteiger partial charge < -0.3 is 15.0 Å². The van der Waals surface area contributed by atoms with Gasteiger partial charge in [0.2, 0.25) is 11.8 Å². The Morgan fingerprint density at radius 3 is 2.43 bits per heavy atom. The number of benzene rings is 2. The standard InChI is InChI=1S/C22H23BrN2O3/c1-28-19-10-4-15(5-11-19)21(14-2-3-14)24-22(27)16-12-20(26)25(13-16)18-8-6-17(23)7-9-18/h4-11,14,16,21H,2-3,12-13H2,1H3,(H,24,27). The van der Waals surface area contributed by atoms with E-state index >= 15 is 0 Å². The number of rotatable bonds is 6. The molecule has 5 nitrogen and oxygen atoms in total. The zero-order chi connectivity index (χ0) is 19.7. The minimum absolute atomic E-state index is 0.00441. The quantitative estimate of drug-likeness (QED) is 0.732. The molecule has 0 bridgehead atoms. The summed E-state index contributed by atoms with van der Waals surface area (Å²) in [7, 11) is 1.64. The maximum absolute atomic E-state index is 12.9. The third-order valence-electron chi connectivity index (χ3n) is 5.50. The summed E-state index contributed by atoms with van der Waals surface area (Å²) in [5.74, 6) is 0.902. The lowest BCUT2D eigenvalue weighted by atomic mass is 10.00. The zero-order valence-corrected chi connectivity index (χ0v) is 17.3. The number of anilines is 1. The van der Waals surface area contributed by atoms with Crippen molar-refractivity contribution in [1.82, 2.24) is 5.32 Å². The lowest BCUT2D eigenvalue weighted by Gasteiger charge is -2.22. The molecule has 1 aliphatic carbocycles. The van der Waals surface area contributed by atoms with Gasteiger partial charge in [0, 0.05) is 23.1 Å². The molecule has 2 unspecified atom stereocenters. The summed E-state index contributed by atoms with van der Waals surface area (Å²) >= 11 is 3.41. The summed E-state index contributed by atoms with van der Waals surface area (Å²) in [6, 6.07) is 15.5. The second-order valence-corrected chi connectivity index (χ2v) is 8.39. The second kappa shape index (κ2) is 7.95. The van der Waals surface area contributed by atoms with Gasteiger partial charge in [0.05, 0.1) is 19.1 Å². The second-order valence-electron chi connectivity index (χ2n) is 7.48. The van der Waals surface area contributed by atoms with Gasteiger partial charge in [-0.25, -0.2) is 0 Å². The van der Waals surface area contributed by atoms with E-state index in [1.807, 2.05) is 48.5 Å². The highest BCUT2D eigenvalue weighted by Crippen LogP contribution is 2.41. The molecule has 1 aliphatic heterocycles. The number of ether oxygens (including phenoxy) is 1. The Morgan fingerprint density at radius 1 is 1.14 bits per heavy atom. The minimum atomic E-state index is -0.323. The summed E-state index contributed by atoms with van der Waals surface area (Å²) in [5.41, 5.74) is 1.92. The number of carbonyl (C=O) groups excluding carboxylic acids is 2. The van der Waals surface area contributed by atoms with E-state index in [0.717, 1.165) is 34.3 Å². The predicted octanol–water partition coefficient (Wildman–Crippen LogP) is 4.08. The SMILES string of the molecule is COc1ccc(C(NC(=O)C2CC(=O)N(c3ccc(Br)cc3)C2)C2CC2)cc1. The minimum Gasteiger partial charge on any atom is -0.497 e. The van der Waals surface area contributed by atoms with Crippen molar-refractivity contribution in [3.8, 4) is 5.75 Å². The first-order valence-electron chi connectivity index (χ1n) is 9.55. The monoisotopic (exact) mass is 442 g/mol. The van der Waals surface area contributed by atoms with E-state index < -0.39 is 0 Å². The number of amides is 2. The molecule has 1 N–H and O–H groups in total. The molecular weight excluding hydrogens is 420 g/mol. The van der Waals surface area contributed by atoms with Crippen LogP contribution in [0.5, 0.6) is 5.75 Å². The van der Waals surface area contributed by atoms with Gasteiger partial charge in [0.1, 0.15) is 5.75 Å². The molecule has 2 amide bonds. The zero-order valence-electron chi connectivity index (χ0n) is 15.7. The summed E-state index contributed by atoms with van der Waals surface area (Å²) in [5, 5.41) is 3.21. The first-order valence-corrected chi connectivity index (χ1v) is 10.3. The van der Waals surface area contributed by atoms with E-state index in [9.17, 15) is 9.59 Å². The van der Waals surface area contributed by atoms with Crippen LogP contribution in [0.2, 0.25) is 0 Å². The number of methoxy groups -OCH3 is 1. The van der Waals surface area contributed by atoms with Gasteiger partial charge in [-0.2, -0.15) is 0 Å². The van der Waals surface area contributed by atoms with Crippen LogP contribution >= 0.6 is 15.9 Å². The van der Waals surface area contributed by atoms with Crippen molar-refractivity contribution in [1.29, 1.82) is 0 Å². The molecule has 2 atom stereocenters. The molecule has 0 aromatic heterocycles. The summed E-state index contributed by atoms with van der Waals surface area (Å²) in [4.78, 5) is 27.1. The number of halogens is 1. The molecule has 1 saturated heterocycles. The van der Waals surface area contributed by atoms with Crippen molar-refractivity contribution in [2.24, 2.45) is 11.8 Å². The van der Waals surface area contributed by atoms with Gasteiger partial charge in [-0.15, -0.1) is 0 Å². The Balaban J connectivity index is 1.44. The van der Waals surface area contributed by atoms with Crippen LogP contribution in [0.1, 0.15) is 30.9 Å². The van der Waals surface area contributed by atoms with E-state index in [4.69, 9.17) is 4.74 Å². The third-order valence-corrected chi connectivity index (χ3v) is 6.03. The normalized spacial score (nSPS) is 20.1. The maximum atomic E-state index is 12.9. The Kier molecular flexibility index (Phi) is 5.40. The van der Waals surface area contributed by atoms with Gasteiger partial charge in [0.25, 0.3) is 0 Å². The molecule has 2 aliphatic rings. The third kappa shape index (κ3) is 4.07.